The first-order valence-electron chi connectivity index (χ1n) is 14.5. The lowest BCUT2D eigenvalue weighted by Gasteiger charge is -2.27. The molecule has 1 aromatic rings. The van der Waals surface area contributed by atoms with Crippen molar-refractivity contribution in [1.29, 1.82) is 0 Å². The van der Waals surface area contributed by atoms with Gasteiger partial charge in [-0.15, -0.1) is 0 Å². The number of hydrogen-bond acceptors (Lipinski definition) is 8. The summed E-state index contributed by atoms with van der Waals surface area (Å²) in [5.74, 6) is -1.68. The second kappa shape index (κ2) is 13.7. The molecule has 1 aromatic carbocycles. The van der Waals surface area contributed by atoms with Gasteiger partial charge in [-0.05, 0) is 76.5 Å². The van der Waals surface area contributed by atoms with Crippen LogP contribution in [0, 0.1) is 11.8 Å². The van der Waals surface area contributed by atoms with Gasteiger partial charge in [0.1, 0.15) is 11.4 Å². The number of aliphatic hydroxyl groups excluding tert-OH is 1. The minimum Gasteiger partial charge on any atom is -0.497 e. The highest BCUT2D eigenvalue weighted by Gasteiger charge is 2.50. The smallest absolute Gasteiger partial charge is 0.226 e. The van der Waals surface area contributed by atoms with Gasteiger partial charge in [-0.1, -0.05) is 23.8 Å². The van der Waals surface area contributed by atoms with E-state index in [0.29, 0.717) is 31.6 Å². The second-order valence-corrected chi connectivity index (χ2v) is 11.6. The van der Waals surface area contributed by atoms with Gasteiger partial charge in [0, 0.05) is 12.3 Å². The number of methoxy groups -OCH3 is 1. The molecular weight excluding hydrogens is 528 g/mol. The Bertz CT molecular complexity index is 1140. The van der Waals surface area contributed by atoms with Gasteiger partial charge in [0.05, 0.1) is 38.3 Å². The fraction of sp³-hybridized carbons (Fsp3) is 0.613. The zero-order valence-corrected chi connectivity index (χ0v) is 24.1. The first kappa shape index (κ1) is 30.9. The van der Waals surface area contributed by atoms with Gasteiger partial charge < -0.3 is 30.0 Å². The van der Waals surface area contributed by atoms with Crippen LogP contribution in [0.3, 0.4) is 0 Å². The highest BCUT2D eigenvalue weighted by Crippen LogP contribution is 2.31. The summed E-state index contributed by atoms with van der Waals surface area (Å²) in [6.07, 6.45) is 5.55. The van der Waals surface area contributed by atoms with Crippen molar-refractivity contribution in [2.45, 2.75) is 89.2 Å². The van der Waals surface area contributed by atoms with Gasteiger partial charge in [0.25, 0.3) is 0 Å². The van der Waals surface area contributed by atoms with Crippen LogP contribution in [0.4, 0.5) is 0 Å². The van der Waals surface area contributed by atoms with Crippen molar-refractivity contribution in [3.05, 3.63) is 41.5 Å². The zero-order valence-electron chi connectivity index (χ0n) is 24.1. The van der Waals surface area contributed by atoms with Crippen molar-refractivity contribution in [3.63, 3.8) is 0 Å². The maximum absolute atomic E-state index is 13.7. The van der Waals surface area contributed by atoms with Crippen molar-refractivity contribution >= 4 is 23.4 Å². The van der Waals surface area contributed by atoms with Crippen LogP contribution < -0.4 is 15.4 Å². The number of aliphatic hydroxyl groups is 1. The molecule has 6 atom stereocenters. The molecule has 2 amide bonds. The van der Waals surface area contributed by atoms with Crippen molar-refractivity contribution in [2.24, 2.45) is 11.8 Å². The maximum atomic E-state index is 13.7. The predicted molar refractivity (Wildman–Crippen MR) is 150 cm³/mol. The molecule has 3 N–H and O–H groups in total. The van der Waals surface area contributed by atoms with Crippen LogP contribution in [-0.2, 0) is 35.1 Å². The third-order valence-corrected chi connectivity index (χ3v) is 8.26. The molecule has 2 saturated heterocycles. The summed E-state index contributed by atoms with van der Waals surface area (Å²) in [4.78, 5) is 53.0. The molecule has 3 aliphatic rings. The van der Waals surface area contributed by atoms with Crippen LogP contribution >= 0.6 is 0 Å². The standard InChI is InChI=1S/C31H42N2O8/c1-19(32-29(37)22-10-13-27(35)40-17-22)26(34)16-23(14-21-8-11-24(39-3)12-9-21)30(38)33-25(15-20-6-4-5-7-20)28(36)31(2)18-41-31/h6,8-9,11-12,19,22-23,25,27,35H,4-5,7,10,13-18H2,1-3H3,(H,32,37)(H,33,38)/t19-,22-,23-,25+,27-,31-/m1/s1. The van der Waals surface area contributed by atoms with Crippen LogP contribution in [0.2, 0.25) is 0 Å². The predicted octanol–water partition coefficient (Wildman–Crippen LogP) is 2.41. The summed E-state index contributed by atoms with van der Waals surface area (Å²) in [7, 11) is 1.57. The topological polar surface area (TPSA) is 144 Å². The number of carbonyl (C=O) groups excluding carboxylic acids is 4. The zero-order chi connectivity index (χ0) is 29.6. The van der Waals surface area contributed by atoms with Crippen molar-refractivity contribution in [2.75, 3.05) is 20.3 Å². The summed E-state index contributed by atoms with van der Waals surface area (Å²) >= 11 is 0. The lowest BCUT2D eigenvalue weighted by atomic mass is 9.89. The molecule has 2 aliphatic heterocycles. The largest absolute Gasteiger partial charge is 0.497 e. The van der Waals surface area contributed by atoms with E-state index in [1.165, 1.54) is 0 Å². The van der Waals surface area contributed by atoms with Crippen molar-refractivity contribution in [1.82, 2.24) is 10.6 Å². The Hall–Kier alpha value is -3.08. The van der Waals surface area contributed by atoms with Crippen LogP contribution in [0.25, 0.3) is 0 Å². The Morgan fingerprint density at radius 1 is 1.12 bits per heavy atom. The summed E-state index contributed by atoms with van der Waals surface area (Å²) in [5.41, 5.74) is 1.09. The van der Waals surface area contributed by atoms with E-state index in [9.17, 15) is 24.3 Å². The number of amides is 2. The highest BCUT2D eigenvalue weighted by molar-refractivity contribution is 5.98. The highest BCUT2D eigenvalue weighted by atomic mass is 16.6. The number of ether oxygens (including phenoxy) is 3. The number of carbonyl (C=O) groups is 4. The van der Waals surface area contributed by atoms with Crippen LogP contribution in [-0.4, -0.2) is 72.8 Å². The molecular formula is C31H42N2O8. The SMILES string of the molecule is COc1ccc(C[C@H](CC(=O)[C@@H](C)NC(=O)[C@@H]2CC[C@H](O)OC2)C(=O)N[C@@H](CC2=CCCC2)C(=O)[C@@]2(C)CO2)cc1. The first-order valence-corrected chi connectivity index (χ1v) is 14.5. The van der Waals surface area contributed by atoms with E-state index in [1.807, 2.05) is 12.1 Å². The number of epoxide rings is 1. The number of Topliss-reactive ketones (excluding diaryl/α,β-unsaturated/α-hetero) is 2. The van der Waals surface area contributed by atoms with E-state index in [2.05, 4.69) is 16.7 Å². The number of allylic oxidation sites excluding steroid dienone is 1. The molecule has 1 aliphatic carbocycles. The lowest BCUT2D eigenvalue weighted by molar-refractivity contribution is -0.155. The van der Waals surface area contributed by atoms with E-state index in [1.54, 1.807) is 33.1 Å². The normalized spacial score (nSPS) is 25.8. The molecule has 0 spiro atoms. The van der Waals surface area contributed by atoms with E-state index in [0.717, 1.165) is 30.4 Å². The fourth-order valence-corrected chi connectivity index (χ4v) is 5.38. The summed E-state index contributed by atoms with van der Waals surface area (Å²) in [5, 5.41) is 15.2. The molecule has 0 aromatic heterocycles. The van der Waals surface area contributed by atoms with Crippen molar-refractivity contribution in [3.8, 4) is 5.75 Å². The Labute approximate surface area is 241 Å². The van der Waals surface area contributed by atoms with Gasteiger partial charge >= 0.3 is 0 Å². The second-order valence-electron chi connectivity index (χ2n) is 11.6. The van der Waals surface area contributed by atoms with Gasteiger partial charge in [-0.3, -0.25) is 19.2 Å². The third-order valence-electron chi connectivity index (χ3n) is 8.26. The van der Waals surface area contributed by atoms with Crippen LogP contribution in [0.5, 0.6) is 5.75 Å². The number of hydrogen-bond donors (Lipinski definition) is 3. The van der Waals surface area contributed by atoms with E-state index >= 15 is 0 Å². The molecule has 10 nitrogen and oxygen atoms in total. The van der Waals surface area contributed by atoms with Gasteiger partial charge in [0.2, 0.25) is 11.8 Å². The third kappa shape index (κ3) is 8.47. The monoisotopic (exact) mass is 570 g/mol. The average molecular weight is 571 g/mol. The number of ketones is 2. The molecule has 4 rings (SSSR count). The Morgan fingerprint density at radius 3 is 2.44 bits per heavy atom. The van der Waals surface area contributed by atoms with E-state index in [4.69, 9.17) is 14.2 Å². The molecule has 41 heavy (non-hydrogen) atoms. The Kier molecular flexibility index (Phi) is 10.3. The molecule has 0 bridgehead atoms. The minimum atomic E-state index is -0.893. The van der Waals surface area contributed by atoms with Crippen LogP contribution in [0.15, 0.2) is 35.9 Å². The first-order chi connectivity index (χ1) is 19.6. The molecule has 2 fully saturated rings. The molecule has 0 saturated carbocycles. The number of nitrogens with one attached hydrogen (secondary N) is 2. The minimum absolute atomic E-state index is 0.0882. The molecule has 0 radical (unpaired) electrons. The molecule has 224 valence electrons. The Balaban J connectivity index is 1.46. The molecule has 2 heterocycles. The fourth-order valence-electron chi connectivity index (χ4n) is 5.38. The van der Waals surface area contributed by atoms with Gasteiger partial charge in [0.15, 0.2) is 17.9 Å². The quantitative estimate of drug-likeness (QED) is 0.229. The number of benzene rings is 1. The lowest BCUT2D eigenvalue weighted by Crippen LogP contribution is -2.49. The summed E-state index contributed by atoms with van der Waals surface area (Å²) in [6.45, 7) is 3.75. The van der Waals surface area contributed by atoms with Gasteiger partial charge in [-0.25, -0.2) is 0 Å². The van der Waals surface area contributed by atoms with E-state index < -0.39 is 35.8 Å². The van der Waals surface area contributed by atoms with Crippen LogP contribution in [0.1, 0.15) is 64.4 Å². The summed E-state index contributed by atoms with van der Waals surface area (Å²) in [6, 6.07) is 5.71. The average Bonchev–Trinajstić information content (AvgIpc) is 3.50. The Morgan fingerprint density at radius 2 is 1.85 bits per heavy atom. The molecule has 10 heteroatoms. The van der Waals surface area contributed by atoms with Gasteiger partial charge in [-0.2, -0.15) is 0 Å². The van der Waals surface area contributed by atoms with Crippen molar-refractivity contribution < 1.29 is 38.5 Å². The number of rotatable bonds is 14. The maximum Gasteiger partial charge on any atom is 0.226 e. The molecule has 0 unspecified atom stereocenters. The van der Waals surface area contributed by atoms with E-state index in [-0.39, 0.29) is 42.8 Å². The summed E-state index contributed by atoms with van der Waals surface area (Å²) < 4.78 is 15.8.